The Morgan fingerprint density at radius 1 is 0.816 bits per heavy atom. The predicted molar refractivity (Wildman–Crippen MR) is 120 cm³/mol. The standard InChI is InChI=1S/C27H22F8O3/c1-2-3-4-14-12-36-26(37-13-14)16-9-20(29)24(21(30)10-16)27(34,35)38-17-5-6-18(19(28)11-17)15-7-22(31)25(33)23(32)8-15/h5-11,14,26H,2-4,12-13H2,1H3. The molecular formula is C27H22F8O3. The Hall–Kier alpha value is -3.18. The summed E-state index contributed by atoms with van der Waals surface area (Å²) < 4.78 is 129. The molecule has 11 heteroatoms. The fraction of sp³-hybridized carbons (Fsp3) is 0.333. The third-order valence-electron chi connectivity index (χ3n) is 6.04. The minimum Gasteiger partial charge on any atom is -0.429 e. The van der Waals surface area contributed by atoms with Crippen molar-refractivity contribution in [3.05, 3.63) is 88.5 Å². The highest BCUT2D eigenvalue weighted by Gasteiger charge is 2.42. The number of alkyl halides is 2. The Morgan fingerprint density at radius 2 is 1.42 bits per heavy atom. The molecule has 0 atom stereocenters. The van der Waals surface area contributed by atoms with Crippen LogP contribution in [0.25, 0.3) is 11.1 Å². The minimum atomic E-state index is -4.58. The molecule has 3 aromatic carbocycles. The predicted octanol–water partition coefficient (Wildman–Crippen LogP) is 8.17. The Morgan fingerprint density at radius 3 is 1.97 bits per heavy atom. The van der Waals surface area contributed by atoms with E-state index in [-0.39, 0.29) is 24.7 Å². The van der Waals surface area contributed by atoms with Crippen LogP contribution < -0.4 is 4.74 Å². The third-order valence-corrected chi connectivity index (χ3v) is 6.04. The van der Waals surface area contributed by atoms with Gasteiger partial charge in [0.2, 0.25) is 0 Å². The molecule has 0 saturated carbocycles. The molecule has 0 aromatic heterocycles. The summed E-state index contributed by atoms with van der Waals surface area (Å²) in [5.74, 6) is -10.2. The van der Waals surface area contributed by atoms with Crippen LogP contribution in [0.4, 0.5) is 35.1 Å². The first kappa shape index (κ1) is 27.8. The molecular weight excluding hydrogens is 524 g/mol. The zero-order chi connectivity index (χ0) is 27.6. The van der Waals surface area contributed by atoms with Crippen LogP contribution in [0.3, 0.4) is 0 Å². The van der Waals surface area contributed by atoms with E-state index in [1.807, 2.05) is 6.92 Å². The molecule has 1 heterocycles. The first-order valence-corrected chi connectivity index (χ1v) is 11.7. The van der Waals surface area contributed by atoms with Gasteiger partial charge in [-0.25, -0.2) is 26.3 Å². The zero-order valence-corrected chi connectivity index (χ0v) is 20.0. The first-order valence-electron chi connectivity index (χ1n) is 11.7. The van der Waals surface area contributed by atoms with Gasteiger partial charge in [0.25, 0.3) is 0 Å². The zero-order valence-electron chi connectivity index (χ0n) is 20.0. The van der Waals surface area contributed by atoms with E-state index in [0.29, 0.717) is 30.3 Å². The van der Waals surface area contributed by atoms with Gasteiger partial charge in [-0.2, -0.15) is 8.78 Å². The van der Waals surface area contributed by atoms with Crippen molar-refractivity contribution in [3.63, 3.8) is 0 Å². The SMILES string of the molecule is CCCCC1COC(c2cc(F)c(C(F)(F)Oc3ccc(-c4cc(F)c(F)c(F)c4)c(F)c3)c(F)c2)OC1. The fourth-order valence-electron chi connectivity index (χ4n) is 4.11. The fourth-order valence-corrected chi connectivity index (χ4v) is 4.11. The molecule has 1 saturated heterocycles. The highest BCUT2D eigenvalue weighted by Crippen LogP contribution is 2.38. The summed E-state index contributed by atoms with van der Waals surface area (Å²) in [6.45, 7) is 2.60. The maximum atomic E-state index is 14.8. The van der Waals surface area contributed by atoms with Gasteiger partial charge in [0.15, 0.2) is 23.7 Å². The van der Waals surface area contributed by atoms with Gasteiger partial charge < -0.3 is 14.2 Å². The van der Waals surface area contributed by atoms with Gasteiger partial charge in [-0.05, 0) is 48.4 Å². The van der Waals surface area contributed by atoms with Crippen LogP contribution in [0.1, 0.15) is 43.6 Å². The number of hydrogen-bond donors (Lipinski definition) is 0. The van der Waals surface area contributed by atoms with Crippen molar-refractivity contribution < 1.29 is 49.3 Å². The summed E-state index contributed by atoms with van der Waals surface area (Å²) in [4.78, 5) is 0. The number of rotatable bonds is 8. The topological polar surface area (TPSA) is 27.7 Å². The molecule has 3 nitrogen and oxygen atoms in total. The van der Waals surface area contributed by atoms with E-state index in [9.17, 15) is 35.1 Å². The first-order chi connectivity index (χ1) is 18.0. The van der Waals surface area contributed by atoms with Crippen LogP contribution in [0.2, 0.25) is 0 Å². The van der Waals surface area contributed by atoms with Gasteiger partial charge in [0, 0.05) is 23.1 Å². The average molecular weight is 546 g/mol. The lowest BCUT2D eigenvalue weighted by molar-refractivity contribution is -0.206. The van der Waals surface area contributed by atoms with Crippen LogP contribution in [0.5, 0.6) is 5.75 Å². The van der Waals surface area contributed by atoms with Crippen LogP contribution in [-0.4, -0.2) is 13.2 Å². The Kier molecular flexibility index (Phi) is 8.27. The molecule has 0 amide bonds. The lowest BCUT2D eigenvalue weighted by atomic mass is 10.0. The third kappa shape index (κ3) is 5.94. The summed E-state index contributed by atoms with van der Waals surface area (Å²) in [6.07, 6.45) is -2.91. The number of benzene rings is 3. The second kappa shape index (κ2) is 11.3. The number of ether oxygens (including phenoxy) is 3. The number of halogens is 8. The lowest BCUT2D eigenvalue weighted by Crippen LogP contribution is -2.28. The maximum Gasteiger partial charge on any atom is 0.432 e. The summed E-state index contributed by atoms with van der Waals surface area (Å²) in [5.41, 5.74) is -2.72. The molecule has 3 aromatic rings. The van der Waals surface area contributed by atoms with Crippen molar-refractivity contribution in [1.82, 2.24) is 0 Å². The van der Waals surface area contributed by atoms with Crippen molar-refractivity contribution in [1.29, 1.82) is 0 Å². The molecule has 38 heavy (non-hydrogen) atoms. The van der Waals surface area contributed by atoms with Crippen LogP contribution in [0, 0.1) is 40.8 Å². The van der Waals surface area contributed by atoms with E-state index in [1.165, 1.54) is 0 Å². The summed E-state index contributed by atoms with van der Waals surface area (Å²) in [7, 11) is 0. The molecule has 1 aliphatic heterocycles. The maximum absolute atomic E-state index is 14.8. The molecule has 204 valence electrons. The van der Waals surface area contributed by atoms with Crippen molar-refractivity contribution in [3.8, 4) is 16.9 Å². The Bertz CT molecular complexity index is 1260. The minimum absolute atomic E-state index is 0.116. The normalized spacial score (nSPS) is 18.0. The molecule has 1 fully saturated rings. The quantitative estimate of drug-likeness (QED) is 0.211. The van der Waals surface area contributed by atoms with Gasteiger partial charge in [-0.3, -0.25) is 0 Å². The van der Waals surface area contributed by atoms with E-state index in [4.69, 9.17) is 9.47 Å². The number of hydrogen-bond acceptors (Lipinski definition) is 3. The van der Waals surface area contributed by atoms with E-state index >= 15 is 0 Å². The summed E-state index contributed by atoms with van der Waals surface area (Å²) in [6, 6.07) is 4.41. The summed E-state index contributed by atoms with van der Waals surface area (Å²) in [5, 5.41) is 0. The van der Waals surface area contributed by atoms with Gasteiger partial charge in [-0.1, -0.05) is 19.8 Å². The van der Waals surface area contributed by atoms with Gasteiger partial charge in [0.05, 0.1) is 13.2 Å². The van der Waals surface area contributed by atoms with E-state index < -0.39 is 69.7 Å². The summed E-state index contributed by atoms with van der Waals surface area (Å²) >= 11 is 0. The average Bonchev–Trinajstić information content (AvgIpc) is 2.85. The van der Waals surface area contributed by atoms with Gasteiger partial charge in [0.1, 0.15) is 28.8 Å². The van der Waals surface area contributed by atoms with Crippen LogP contribution in [0.15, 0.2) is 42.5 Å². The second-order valence-electron chi connectivity index (χ2n) is 8.88. The van der Waals surface area contributed by atoms with Crippen molar-refractivity contribution in [2.24, 2.45) is 5.92 Å². The second-order valence-corrected chi connectivity index (χ2v) is 8.88. The number of unbranched alkanes of at least 4 members (excludes halogenated alkanes) is 1. The molecule has 1 aliphatic rings. The Labute approximate surface area is 212 Å². The molecule has 0 unspecified atom stereocenters. The van der Waals surface area contributed by atoms with E-state index in [2.05, 4.69) is 4.74 Å². The van der Waals surface area contributed by atoms with Crippen LogP contribution in [-0.2, 0) is 15.6 Å². The smallest absolute Gasteiger partial charge is 0.429 e. The van der Waals surface area contributed by atoms with E-state index in [0.717, 1.165) is 31.4 Å². The van der Waals surface area contributed by atoms with Crippen LogP contribution >= 0.6 is 0 Å². The van der Waals surface area contributed by atoms with E-state index in [1.54, 1.807) is 0 Å². The molecule has 0 spiro atoms. The van der Waals surface area contributed by atoms with Crippen molar-refractivity contribution in [2.75, 3.05) is 13.2 Å². The molecule has 0 aliphatic carbocycles. The highest BCUT2D eigenvalue weighted by molar-refractivity contribution is 5.65. The molecule has 0 bridgehead atoms. The largest absolute Gasteiger partial charge is 0.432 e. The monoisotopic (exact) mass is 546 g/mol. The molecule has 4 rings (SSSR count). The highest BCUT2D eigenvalue weighted by atomic mass is 19.3. The van der Waals surface area contributed by atoms with Gasteiger partial charge in [-0.15, -0.1) is 0 Å². The van der Waals surface area contributed by atoms with Gasteiger partial charge >= 0.3 is 6.11 Å². The Balaban J connectivity index is 1.52. The van der Waals surface area contributed by atoms with Crippen molar-refractivity contribution >= 4 is 0 Å². The molecule has 0 N–H and O–H groups in total. The molecule has 0 radical (unpaired) electrons. The lowest BCUT2D eigenvalue weighted by Gasteiger charge is -2.30. The van der Waals surface area contributed by atoms with Crippen molar-refractivity contribution in [2.45, 2.75) is 38.6 Å².